The lowest BCUT2D eigenvalue weighted by Crippen LogP contribution is -2.17. The Morgan fingerprint density at radius 1 is 1.56 bits per heavy atom. The normalized spacial score (nSPS) is 12.9. The highest BCUT2D eigenvalue weighted by molar-refractivity contribution is 7.09. The lowest BCUT2D eigenvalue weighted by molar-refractivity contribution is 0.539. The molecule has 0 bridgehead atoms. The molecule has 0 radical (unpaired) electrons. The number of aryl methyl sites for hydroxylation is 2. The fraction of sp³-hybridized carbons (Fsp3) is 0.417. The molecule has 0 aliphatic carbocycles. The predicted octanol–water partition coefficient (Wildman–Crippen LogP) is 2.37. The van der Waals surface area contributed by atoms with E-state index < -0.39 is 0 Å². The summed E-state index contributed by atoms with van der Waals surface area (Å²) >= 11 is 1.82. The quantitative estimate of drug-likeness (QED) is 0.862. The van der Waals surface area contributed by atoms with Crippen LogP contribution in [0, 0.1) is 0 Å². The molecule has 0 spiro atoms. The van der Waals surface area contributed by atoms with Gasteiger partial charge in [0, 0.05) is 18.1 Å². The van der Waals surface area contributed by atoms with Crippen molar-refractivity contribution in [1.29, 1.82) is 0 Å². The summed E-state index contributed by atoms with van der Waals surface area (Å²) in [4.78, 5) is 5.83. The molecule has 3 nitrogen and oxygen atoms in total. The summed E-state index contributed by atoms with van der Waals surface area (Å²) in [6.07, 6.45) is 6.13. The third kappa shape index (κ3) is 2.71. The molecule has 2 aromatic rings. The van der Waals surface area contributed by atoms with Crippen molar-refractivity contribution in [2.45, 2.75) is 18.9 Å². The van der Waals surface area contributed by atoms with Gasteiger partial charge in [0.2, 0.25) is 0 Å². The van der Waals surface area contributed by atoms with E-state index in [0.717, 1.165) is 18.5 Å². The minimum absolute atomic E-state index is 0.350. The fourth-order valence-corrected chi connectivity index (χ4v) is 2.52. The highest BCUT2D eigenvalue weighted by atomic mass is 32.1. The van der Waals surface area contributed by atoms with Crippen LogP contribution in [0.3, 0.4) is 0 Å². The Balaban J connectivity index is 1.96. The summed E-state index contributed by atoms with van der Waals surface area (Å²) in [7, 11) is 4.00. The monoisotopic (exact) mass is 235 g/mol. The van der Waals surface area contributed by atoms with Crippen molar-refractivity contribution in [2.75, 3.05) is 7.05 Å². The first kappa shape index (κ1) is 11.4. The van der Waals surface area contributed by atoms with Gasteiger partial charge in [0.15, 0.2) is 0 Å². The van der Waals surface area contributed by atoms with Crippen LogP contribution in [0.25, 0.3) is 0 Å². The molecule has 2 rings (SSSR count). The molecule has 1 unspecified atom stereocenters. The number of hydrogen-bond donors (Lipinski definition) is 1. The third-order valence-corrected chi connectivity index (χ3v) is 3.63. The Morgan fingerprint density at radius 2 is 2.44 bits per heavy atom. The first-order valence-electron chi connectivity index (χ1n) is 5.47. The second-order valence-corrected chi connectivity index (χ2v) is 4.96. The minimum atomic E-state index is 0.350. The van der Waals surface area contributed by atoms with Gasteiger partial charge in [0.1, 0.15) is 0 Å². The van der Waals surface area contributed by atoms with Crippen molar-refractivity contribution in [3.05, 3.63) is 40.6 Å². The molecule has 4 heteroatoms. The van der Waals surface area contributed by atoms with Crippen LogP contribution in [0.15, 0.2) is 30.0 Å². The lowest BCUT2D eigenvalue weighted by Gasteiger charge is -2.12. The SMILES string of the molecule is CNC(CCc1cccs1)c1cn(C)cn1. The average Bonchev–Trinajstić information content (AvgIpc) is 2.91. The van der Waals surface area contributed by atoms with E-state index >= 15 is 0 Å². The van der Waals surface area contributed by atoms with E-state index in [4.69, 9.17) is 0 Å². The molecule has 86 valence electrons. The van der Waals surface area contributed by atoms with Crippen LogP contribution >= 0.6 is 11.3 Å². The second-order valence-electron chi connectivity index (χ2n) is 3.92. The van der Waals surface area contributed by atoms with Crippen molar-refractivity contribution < 1.29 is 0 Å². The number of imidazole rings is 1. The number of thiophene rings is 1. The maximum Gasteiger partial charge on any atom is 0.0947 e. The molecule has 0 saturated carbocycles. The van der Waals surface area contributed by atoms with Crippen molar-refractivity contribution in [3.63, 3.8) is 0 Å². The highest BCUT2D eigenvalue weighted by Crippen LogP contribution is 2.19. The van der Waals surface area contributed by atoms with Crippen LogP contribution in [0.1, 0.15) is 23.0 Å². The van der Waals surface area contributed by atoms with E-state index in [9.17, 15) is 0 Å². The Bertz CT molecular complexity index is 419. The zero-order chi connectivity index (χ0) is 11.4. The summed E-state index contributed by atoms with van der Waals surface area (Å²) in [5.74, 6) is 0. The standard InChI is InChI=1S/C12H17N3S/c1-13-11(12-8-15(2)9-14-12)6-5-10-4-3-7-16-10/h3-4,7-9,11,13H,5-6H2,1-2H3. The maximum absolute atomic E-state index is 4.39. The third-order valence-electron chi connectivity index (χ3n) is 2.69. The zero-order valence-corrected chi connectivity index (χ0v) is 10.5. The van der Waals surface area contributed by atoms with Crippen molar-refractivity contribution in [1.82, 2.24) is 14.9 Å². The van der Waals surface area contributed by atoms with Gasteiger partial charge in [0.05, 0.1) is 18.1 Å². The summed E-state index contributed by atoms with van der Waals surface area (Å²) in [5, 5.41) is 5.45. The Labute approximate surface area is 100 Å². The molecule has 0 aliphatic rings. The van der Waals surface area contributed by atoms with Crippen LogP contribution in [0.2, 0.25) is 0 Å². The van der Waals surface area contributed by atoms with Gasteiger partial charge in [-0.05, 0) is 31.3 Å². The van der Waals surface area contributed by atoms with Crippen LogP contribution < -0.4 is 5.32 Å². The van der Waals surface area contributed by atoms with E-state index in [1.54, 1.807) is 0 Å². The van der Waals surface area contributed by atoms with Gasteiger partial charge < -0.3 is 9.88 Å². The molecule has 0 saturated heterocycles. The second kappa shape index (κ2) is 5.27. The predicted molar refractivity (Wildman–Crippen MR) is 67.6 cm³/mol. The molecule has 1 N–H and O–H groups in total. The van der Waals surface area contributed by atoms with Crippen LogP contribution in [0.4, 0.5) is 0 Å². The van der Waals surface area contributed by atoms with Crippen molar-refractivity contribution in [3.8, 4) is 0 Å². The molecule has 0 aromatic carbocycles. The van der Waals surface area contributed by atoms with Gasteiger partial charge >= 0.3 is 0 Å². The van der Waals surface area contributed by atoms with Gasteiger partial charge in [0.25, 0.3) is 0 Å². The topological polar surface area (TPSA) is 29.9 Å². The number of nitrogens with one attached hydrogen (secondary N) is 1. The summed E-state index contributed by atoms with van der Waals surface area (Å²) in [6.45, 7) is 0. The van der Waals surface area contributed by atoms with Gasteiger partial charge in [-0.3, -0.25) is 0 Å². The highest BCUT2D eigenvalue weighted by Gasteiger charge is 2.11. The number of hydrogen-bond acceptors (Lipinski definition) is 3. The van der Waals surface area contributed by atoms with Gasteiger partial charge in [-0.15, -0.1) is 11.3 Å². The van der Waals surface area contributed by atoms with Gasteiger partial charge in [-0.2, -0.15) is 0 Å². The maximum atomic E-state index is 4.39. The van der Waals surface area contributed by atoms with Crippen molar-refractivity contribution >= 4 is 11.3 Å². The van der Waals surface area contributed by atoms with Crippen LogP contribution in [0.5, 0.6) is 0 Å². The first-order chi connectivity index (χ1) is 7.79. The minimum Gasteiger partial charge on any atom is -0.340 e. The van der Waals surface area contributed by atoms with Crippen LogP contribution in [-0.4, -0.2) is 16.6 Å². The van der Waals surface area contributed by atoms with E-state index in [2.05, 4.69) is 34.0 Å². The average molecular weight is 235 g/mol. The fourth-order valence-electron chi connectivity index (χ4n) is 1.79. The van der Waals surface area contributed by atoms with E-state index in [-0.39, 0.29) is 0 Å². The van der Waals surface area contributed by atoms with Gasteiger partial charge in [-0.1, -0.05) is 6.07 Å². The van der Waals surface area contributed by atoms with Crippen LogP contribution in [-0.2, 0) is 13.5 Å². The Morgan fingerprint density at radius 3 is 3.00 bits per heavy atom. The molecular formula is C12H17N3S. The zero-order valence-electron chi connectivity index (χ0n) is 9.68. The molecule has 0 aliphatic heterocycles. The molecule has 1 atom stereocenters. The van der Waals surface area contributed by atoms with E-state index in [1.807, 2.05) is 36.3 Å². The molecule has 2 heterocycles. The van der Waals surface area contributed by atoms with Gasteiger partial charge in [-0.25, -0.2) is 4.98 Å². The smallest absolute Gasteiger partial charge is 0.0947 e. The molecule has 2 aromatic heterocycles. The summed E-state index contributed by atoms with van der Waals surface area (Å²) in [5.41, 5.74) is 1.13. The van der Waals surface area contributed by atoms with E-state index in [1.165, 1.54) is 4.88 Å². The number of rotatable bonds is 5. The molecule has 0 amide bonds. The summed E-state index contributed by atoms with van der Waals surface area (Å²) < 4.78 is 1.99. The molecule has 16 heavy (non-hydrogen) atoms. The molecule has 0 fully saturated rings. The summed E-state index contributed by atoms with van der Waals surface area (Å²) in [6, 6.07) is 4.65. The largest absolute Gasteiger partial charge is 0.340 e. The molecular weight excluding hydrogens is 218 g/mol. The number of aromatic nitrogens is 2. The Kier molecular flexibility index (Phi) is 3.74. The van der Waals surface area contributed by atoms with Crippen molar-refractivity contribution in [2.24, 2.45) is 7.05 Å². The Hall–Kier alpha value is -1.13. The lowest BCUT2D eigenvalue weighted by atomic mass is 10.1. The van der Waals surface area contributed by atoms with E-state index in [0.29, 0.717) is 6.04 Å². The first-order valence-corrected chi connectivity index (χ1v) is 6.35. The number of nitrogens with zero attached hydrogens (tertiary/aromatic N) is 2.